The third kappa shape index (κ3) is 4.35. The Morgan fingerprint density at radius 1 is 1.33 bits per heavy atom. The molecule has 0 spiro atoms. The number of carbonyl (C=O) groups is 2. The van der Waals surface area contributed by atoms with E-state index in [1.165, 1.54) is 25.7 Å². The Hall–Kier alpha value is -1.26. The molecule has 2 fully saturated rings. The summed E-state index contributed by atoms with van der Waals surface area (Å²) in [6.07, 6.45) is 6.87. The highest BCUT2D eigenvalue weighted by Crippen LogP contribution is 2.48. The van der Waals surface area contributed by atoms with Crippen LogP contribution in [0.4, 0.5) is 4.79 Å². The summed E-state index contributed by atoms with van der Waals surface area (Å²) in [7, 11) is 1.82. The van der Waals surface area contributed by atoms with Crippen molar-refractivity contribution in [1.82, 2.24) is 10.2 Å². The standard InChI is InChI=1S/C16H28N2O3/c1-3-4-14(9-15(19)20)17-16(21)18(2)10-13-8-11-5-6-12(13)7-11/h11-14H,3-10H2,1-2H3,(H,17,21)(H,19,20). The van der Waals surface area contributed by atoms with Crippen molar-refractivity contribution in [2.24, 2.45) is 17.8 Å². The minimum Gasteiger partial charge on any atom is -0.481 e. The van der Waals surface area contributed by atoms with Gasteiger partial charge in [-0.1, -0.05) is 19.8 Å². The van der Waals surface area contributed by atoms with E-state index in [9.17, 15) is 9.59 Å². The molecule has 0 radical (unpaired) electrons. The maximum Gasteiger partial charge on any atom is 0.317 e. The van der Waals surface area contributed by atoms with Crippen LogP contribution in [0.15, 0.2) is 0 Å². The first-order valence-corrected chi connectivity index (χ1v) is 8.23. The largest absolute Gasteiger partial charge is 0.481 e. The Morgan fingerprint density at radius 3 is 2.62 bits per heavy atom. The predicted molar refractivity (Wildman–Crippen MR) is 81.0 cm³/mol. The van der Waals surface area contributed by atoms with Crippen molar-refractivity contribution in [2.75, 3.05) is 13.6 Å². The Balaban J connectivity index is 1.79. The Labute approximate surface area is 127 Å². The highest BCUT2D eigenvalue weighted by Gasteiger charge is 2.40. The summed E-state index contributed by atoms with van der Waals surface area (Å²) in [5, 5.41) is 11.8. The maximum atomic E-state index is 12.2. The number of hydrogen-bond acceptors (Lipinski definition) is 2. The highest BCUT2D eigenvalue weighted by molar-refractivity contribution is 5.75. The van der Waals surface area contributed by atoms with Crippen LogP contribution in [0.3, 0.4) is 0 Å². The number of carbonyl (C=O) groups excluding carboxylic acids is 1. The van der Waals surface area contributed by atoms with Crippen LogP contribution >= 0.6 is 0 Å². The van der Waals surface area contributed by atoms with Crippen LogP contribution in [0.5, 0.6) is 0 Å². The number of aliphatic carboxylic acids is 1. The molecule has 0 aromatic rings. The van der Waals surface area contributed by atoms with Gasteiger partial charge in [-0.05, 0) is 43.4 Å². The van der Waals surface area contributed by atoms with E-state index >= 15 is 0 Å². The molecule has 4 atom stereocenters. The minimum atomic E-state index is -0.857. The van der Waals surface area contributed by atoms with Crippen molar-refractivity contribution in [1.29, 1.82) is 0 Å². The Kier molecular flexibility index (Phi) is 5.48. The molecule has 120 valence electrons. The molecule has 2 rings (SSSR count). The second kappa shape index (κ2) is 7.14. The van der Waals surface area contributed by atoms with Gasteiger partial charge in [-0.15, -0.1) is 0 Å². The SMILES string of the molecule is CCCC(CC(=O)O)NC(=O)N(C)CC1CC2CCC1C2. The zero-order chi connectivity index (χ0) is 15.4. The third-order valence-electron chi connectivity index (χ3n) is 5.13. The molecule has 5 nitrogen and oxygen atoms in total. The van der Waals surface area contributed by atoms with Crippen molar-refractivity contribution >= 4 is 12.0 Å². The van der Waals surface area contributed by atoms with Gasteiger partial charge in [0.2, 0.25) is 0 Å². The van der Waals surface area contributed by atoms with Crippen molar-refractivity contribution in [2.45, 2.75) is 57.9 Å². The summed E-state index contributed by atoms with van der Waals surface area (Å²) in [4.78, 5) is 24.8. The van der Waals surface area contributed by atoms with E-state index < -0.39 is 5.97 Å². The molecule has 0 aromatic heterocycles. The van der Waals surface area contributed by atoms with Crippen LogP contribution < -0.4 is 5.32 Å². The molecule has 2 aliphatic carbocycles. The normalized spacial score (nSPS) is 28.4. The van der Waals surface area contributed by atoms with Gasteiger partial charge >= 0.3 is 12.0 Å². The number of nitrogens with one attached hydrogen (secondary N) is 1. The van der Waals surface area contributed by atoms with Crippen molar-refractivity contribution < 1.29 is 14.7 Å². The van der Waals surface area contributed by atoms with Gasteiger partial charge in [0.05, 0.1) is 6.42 Å². The van der Waals surface area contributed by atoms with Crippen molar-refractivity contribution in [3.8, 4) is 0 Å². The number of carboxylic acid groups (broad SMARTS) is 1. The van der Waals surface area contributed by atoms with Crippen LogP contribution in [0.2, 0.25) is 0 Å². The first kappa shape index (κ1) is 16.1. The van der Waals surface area contributed by atoms with Gasteiger partial charge in [-0.2, -0.15) is 0 Å². The molecule has 0 aliphatic heterocycles. The minimum absolute atomic E-state index is 0.00154. The van der Waals surface area contributed by atoms with Crippen LogP contribution in [-0.4, -0.2) is 41.6 Å². The molecule has 2 amide bonds. The lowest BCUT2D eigenvalue weighted by Gasteiger charge is -2.28. The number of nitrogens with zero attached hydrogens (tertiary/aromatic N) is 1. The zero-order valence-electron chi connectivity index (χ0n) is 13.2. The lowest BCUT2D eigenvalue weighted by atomic mass is 9.88. The number of urea groups is 1. The molecule has 2 bridgehead atoms. The van der Waals surface area contributed by atoms with E-state index in [1.54, 1.807) is 4.90 Å². The van der Waals surface area contributed by atoms with Crippen molar-refractivity contribution in [3.05, 3.63) is 0 Å². The number of fused-ring (bicyclic) bond motifs is 2. The molecule has 2 saturated carbocycles. The second-order valence-electron chi connectivity index (χ2n) is 6.85. The van der Waals surface area contributed by atoms with Crippen molar-refractivity contribution in [3.63, 3.8) is 0 Å². The van der Waals surface area contributed by atoms with Gasteiger partial charge < -0.3 is 15.3 Å². The van der Waals surface area contributed by atoms with Crippen LogP contribution in [0.1, 0.15) is 51.9 Å². The van der Waals surface area contributed by atoms with Crippen LogP contribution in [0, 0.1) is 17.8 Å². The van der Waals surface area contributed by atoms with Gasteiger partial charge in [0.15, 0.2) is 0 Å². The van der Waals surface area contributed by atoms with E-state index in [-0.39, 0.29) is 18.5 Å². The molecule has 0 saturated heterocycles. The predicted octanol–water partition coefficient (Wildman–Crippen LogP) is 2.71. The molecule has 0 heterocycles. The average molecular weight is 296 g/mol. The first-order valence-electron chi connectivity index (χ1n) is 8.23. The Bertz CT molecular complexity index is 386. The van der Waals surface area contributed by atoms with E-state index in [0.29, 0.717) is 12.3 Å². The van der Waals surface area contributed by atoms with Crippen LogP contribution in [0.25, 0.3) is 0 Å². The molecule has 21 heavy (non-hydrogen) atoms. The lowest BCUT2D eigenvalue weighted by Crippen LogP contribution is -2.45. The molecule has 0 aromatic carbocycles. The summed E-state index contributed by atoms with van der Waals surface area (Å²) < 4.78 is 0. The molecular formula is C16H28N2O3. The van der Waals surface area contributed by atoms with Gasteiger partial charge in [0, 0.05) is 19.6 Å². The molecule has 2 aliphatic rings. The summed E-state index contributed by atoms with van der Waals surface area (Å²) in [5.74, 6) is 1.47. The van der Waals surface area contributed by atoms with E-state index in [0.717, 1.165) is 24.8 Å². The number of rotatable bonds is 7. The van der Waals surface area contributed by atoms with E-state index in [4.69, 9.17) is 5.11 Å². The zero-order valence-corrected chi connectivity index (χ0v) is 13.2. The van der Waals surface area contributed by atoms with E-state index in [1.807, 2.05) is 14.0 Å². The highest BCUT2D eigenvalue weighted by atomic mass is 16.4. The lowest BCUT2D eigenvalue weighted by molar-refractivity contribution is -0.137. The molecule has 5 heteroatoms. The fourth-order valence-electron chi connectivity index (χ4n) is 4.10. The third-order valence-corrected chi connectivity index (χ3v) is 5.13. The maximum absolute atomic E-state index is 12.2. The van der Waals surface area contributed by atoms with E-state index in [2.05, 4.69) is 5.32 Å². The number of carboxylic acids is 1. The fourth-order valence-corrected chi connectivity index (χ4v) is 4.10. The second-order valence-corrected chi connectivity index (χ2v) is 6.85. The quantitative estimate of drug-likeness (QED) is 0.759. The molecule has 4 unspecified atom stereocenters. The number of amides is 2. The summed E-state index contributed by atoms with van der Waals surface area (Å²) in [5.41, 5.74) is 0. The van der Waals surface area contributed by atoms with Gasteiger partial charge in [-0.3, -0.25) is 4.79 Å². The summed E-state index contributed by atoms with van der Waals surface area (Å²) in [6.45, 7) is 2.80. The number of hydrogen-bond donors (Lipinski definition) is 2. The average Bonchev–Trinajstić information content (AvgIpc) is 3.00. The molecule has 2 N–H and O–H groups in total. The first-order chi connectivity index (χ1) is 9.99. The summed E-state index contributed by atoms with van der Waals surface area (Å²) >= 11 is 0. The Morgan fingerprint density at radius 2 is 2.10 bits per heavy atom. The smallest absolute Gasteiger partial charge is 0.317 e. The van der Waals surface area contributed by atoms with Crippen LogP contribution in [-0.2, 0) is 4.79 Å². The van der Waals surface area contributed by atoms with Gasteiger partial charge in [0.25, 0.3) is 0 Å². The fraction of sp³-hybridized carbons (Fsp3) is 0.875. The van der Waals surface area contributed by atoms with Gasteiger partial charge in [-0.25, -0.2) is 4.79 Å². The summed E-state index contributed by atoms with van der Waals surface area (Å²) in [6, 6.07) is -0.389. The topological polar surface area (TPSA) is 69.6 Å². The van der Waals surface area contributed by atoms with Gasteiger partial charge in [0.1, 0.15) is 0 Å². The molecular weight excluding hydrogens is 268 g/mol. The monoisotopic (exact) mass is 296 g/mol.